The number of hydrogen-bond donors (Lipinski definition) is 1. The second-order valence-electron chi connectivity index (χ2n) is 6.21. The average molecular weight is 237 g/mol. The first-order valence-electron chi connectivity index (χ1n) is 6.58. The van der Waals surface area contributed by atoms with Crippen molar-refractivity contribution in [2.75, 3.05) is 5.73 Å². The average Bonchev–Trinajstić information content (AvgIpc) is 2.54. The molecule has 1 aromatic heterocycles. The summed E-state index contributed by atoms with van der Waals surface area (Å²) in [6.45, 7) is 15.2. The van der Waals surface area contributed by atoms with Crippen LogP contribution in [0.2, 0.25) is 0 Å². The predicted octanol–water partition coefficient (Wildman–Crippen LogP) is 3.86. The van der Waals surface area contributed by atoms with Gasteiger partial charge in [-0.25, -0.2) is 4.98 Å². The maximum Gasteiger partial charge on any atom is 0.127 e. The summed E-state index contributed by atoms with van der Waals surface area (Å²) in [6, 6.07) is 0. The molecular weight excluding hydrogens is 210 g/mol. The molecule has 1 rings (SSSR count). The highest BCUT2D eigenvalue weighted by atomic mass is 15.2. The number of anilines is 1. The molecule has 0 aliphatic rings. The Bertz CT molecular complexity index is 383. The number of nitrogen functional groups attached to an aromatic ring is 1. The Morgan fingerprint density at radius 2 is 1.76 bits per heavy atom. The first kappa shape index (κ1) is 14.1. The molecule has 0 fully saturated rings. The van der Waals surface area contributed by atoms with Gasteiger partial charge in [0.2, 0.25) is 0 Å². The zero-order valence-electron chi connectivity index (χ0n) is 12.3. The van der Waals surface area contributed by atoms with E-state index in [2.05, 4.69) is 53.0 Å². The number of hydrogen-bond acceptors (Lipinski definition) is 2. The van der Waals surface area contributed by atoms with Crippen molar-refractivity contribution in [3.63, 3.8) is 0 Å². The van der Waals surface area contributed by atoms with Crippen LogP contribution in [0.15, 0.2) is 0 Å². The van der Waals surface area contributed by atoms with Gasteiger partial charge in [-0.1, -0.05) is 27.7 Å². The van der Waals surface area contributed by atoms with E-state index in [1.165, 1.54) is 0 Å². The van der Waals surface area contributed by atoms with E-state index in [0.29, 0.717) is 11.8 Å². The van der Waals surface area contributed by atoms with E-state index in [1.54, 1.807) is 0 Å². The number of nitrogens with two attached hydrogens (primary N) is 1. The molecule has 17 heavy (non-hydrogen) atoms. The highest BCUT2D eigenvalue weighted by Crippen LogP contribution is 2.33. The second kappa shape index (κ2) is 4.71. The van der Waals surface area contributed by atoms with Gasteiger partial charge in [-0.3, -0.25) is 0 Å². The first-order valence-corrected chi connectivity index (χ1v) is 6.58. The molecule has 0 aliphatic carbocycles. The molecule has 1 aromatic rings. The molecular formula is C14H27N3. The summed E-state index contributed by atoms with van der Waals surface area (Å²) in [5.74, 6) is 2.77. The van der Waals surface area contributed by atoms with Crippen LogP contribution in [0.25, 0.3) is 0 Å². The largest absolute Gasteiger partial charge is 0.384 e. The molecule has 0 aromatic carbocycles. The Morgan fingerprint density at radius 3 is 2.06 bits per heavy atom. The van der Waals surface area contributed by atoms with Gasteiger partial charge < -0.3 is 10.3 Å². The van der Waals surface area contributed by atoms with Crippen LogP contribution in [-0.4, -0.2) is 9.55 Å². The quantitative estimate of drug-likeness (QED) is 0.867. The minimum Gasteiger partial charge on any atom is -0.384 e. The van der Waals surface area contributed by atoms with Gasteiger partial charge in [0.05, 0.1) is 5.69 Å². The molecule has 2 N–H and O–H groups in total. The normalized spacial score (nSPS) is 14.4. The molecule has 0 radical (unpaired) electrons. The zero-order valence-corrected chi connectivity index (χ0v) is 12.3. The van der Waals surface area contributed by atoms with Crippen molar-refractivity contribution in [1.82, 2.24) is 9.55 Å². The molecule has 1 heterocycles. The molecule has 98 valence electrons. The van der Waals surface area contributed by atoms with Crippen molar-refractivity contribution in [1.29, 1.82) is 0 Å². The maximum atomic E-state index is 6.31. The van der Waals surface area contributed by atoms with Crippen LogP contribution in [0.3, 0.4) is 0 Å². The van der Waals surface area contributed by atoms with E-state index in [0.717, 1.165) is 23.8 Å². The summed E-state index contributed by atoms with van der Waals surface area (Å²) in [5, 5.41) is 0. The Morgan fingerprint density at radius 1 is 1.24 bits per heavy atom. The Hall–Kier alpha value is -0.990. The van der Waals surface area contributed by atoms with Gasteiger partial charge in [0.15, 0.2) is 0 Å². The van der Waals surface area contributed by atoms with Gasteiger partial charge in [-0.15, -0.1) is 0 Å². The lowest BCUT2D eigenvalue weighted by atomic mass is 10.0. The van der Waals surface area contributed by atoms with E-state index < -0.39 is 0 Å². The van der Waals surface area contributed by atoms with E-state index in [-0.39, 0.29) is 5.54 Å². The molecule has 0 saturated heterocycles. The van der Waals surface area contributed by atoms with E-state index in [4.69, 9.17) is 10.7 Å². The lowest BCUT2D eigenvalue weighted by molar-refractivity contribution is 0.382. The fourth-order valence-electron chi connectivity index (χ4n) is 2.12. The van der Waals surface area contributed by atoms with Crippen LogP contribution in [0.4, 0.5) is 5.82 Å². The molecule has 0 amide bonds. The van der Waals surface area contributed by atoms with Crippen LogP contribution >= 0.6 is 0 Å². The fourth-order valence-corrected chi connectivity index (χ4v) is 2.12. The van der Waals surface area contributed by atoms with Crippen molar-refractivity contribution in [2.24, 2.45) is 0 Å². The monoisotopic (exact) mass is 237 g/mol. The number of nitrogens with zero attached hydrogens (tertiary/aromatic N) is 2. The van der Waals surface area contributed by atoms with Crippen molar-refractivity contribution in [3.8, 4) is 0 Å². The van der Waals surface area contributed by atoms with Crippen LogP contribution in [0, 0.1) is 0 Å². The summed E-state index contributed by atoms with van der Waals surface area (Å²) in [4.78, 5) is 4.78. The second-order valence-corrected chi connectivity index (χ2v) is 6.21. The number of rotatable bonds is 3. The summed E-state index contributed by atoms with van der Waals surface area (Å²) >= 11 is 0. The highest BCUT2D eigenvalue weighted by Gasteiger charge is 2.26. The Balaban J connectivity index is 3.41. The molecule has 3 nitrogen and oxygen atoms in total. The van der Waals surface area contributed by atoms with E-state index in [9.17, 15) is 0 Å². The molecule has 3 heteroatoms. The lowest BCUT2D eigenvalue weighted by Gasteiger charge is -2.26. The van der Waals surface area contributed by atoms with Crippen LogP contribution in [0.5, 0.6) is 0 Å². The molecule has 0 aliphatic heterocycles. The van der Waals surface area contributed by atoms with Crippen molar-refractivity contribution < 1.29 is 0 Å². The zero-order chi connectivity index (χ0) is 13.4. The third-order valence-electron chi connectivity index (χ3n) is 3.23. The van der Waals surface area contributed by atoms with Crippen molar-refractivity contribution >= 4 is 5.82 Å². The smallest absolute Gasteiger partial charge is 0.127 e. The minimum atomic E-state index is -0.0115. The van der Waals surface area contributed by atoms with Crippen LogP contribution < -0.4 is 5.73 Å². The van der Waals surface area contributed by atoms with E-state index in [1.807, 2.05) is 0 Å². The highest BCUT2D eigenvalue weighted by molar-refractivity contribution is 5.42. The van der Waals surface area contributed by atoms with Gasteiger partial charge in [0.25, 0.3) is 0 Å². The molecule has 0 spiro atoms. The molecule has 0 saturated carbocycles. The van der Waals surface area contributed by atoms with Crippen molar-refractivity contribution in [2.45, 2.75) is 72.3 Å². The predicted molar refractivity (Wildman–Crippen MR) is 74.4 cm³/mol. The Labute approximate surface area is 105 Å². The van der Waals surface area contributed by atoms with E-state index >= 15 is 0 Å². The van der Waals surface area contributed by atoms with Gasteiger partial charge in [-0.05, 0) is 27.2 Å². The fraction of sp³-hybridized carbons (Fsp3) is 0.786. The van der Waals surface area contributed by atoms with Crippen LogP contribution in [0.1, 0.15) is 78.2 Å². The van der Waals surface area contributed by atoms with Gasteiger partial charge in [0.1, 0.15) is 11.6 Å². The molecule has 1 atom stereocenters. The van der Waals surface area contributed by atoms with Crippen molar-refractivity contribution in [3.05, 3.63) is 11.5 Å². The Kier molecular flexibility index (Phi) is 3.90. The third-order valence-corrected chi connectivity index (χ3v) is 3.23. The first-order chi connectivity index (χ1) is 7.70. The lowest BCUT2D eigenvalue weighted by Crippen LogP contribution is -2.26. The summed E-state index contributed by atoms with van der Waals surface area (Å²) in [7, 11) is 0. The van der Waals surface area contributed by atoms with Gasteiger partial charge in [-0.2, -0.15) is 0 Å². The maximum absolute atomic E-state index is 6.31. The number of imidazole rings is 1. The third kappa shape index (κ3) is 2.64. The van der Waals surface area contributed by atoms with Gasteiger partial charge in [0, 0.05) is 17.4 Å². The summed E-state index contributed by atoms with van der Waals surface area (Å²) in [6.07, 6.45) is 1.07. The SMILES string of the molecule is CCC(C)c1nc(C(C)C)n(C(C)(C)C)c1N. The molecule has 0 bridgehead atoms. The van der Waals surface area contributed by atoms with Crippen LogP contribution in [-0.2, 0) is 5.54 Å². The summed E-state index contributed by atoms with van der Waals surface area (Å²) in [5.41, 5.74) is 7.35. The molecule has 1 unspecified atom stereocenters. The topological polar surface area (TPSA) is 43.8 Å². The van der Waals surface area contributed by atoms with Gasteiger partial charge >= 0.3 is 0 Å². The summed E-state index contributed by atoms with van der Waals surface area (Å²) < 4.78 is 2.19. The standard InChI is InChI=1S/C14H27N3/c1-8-10(4)11-12(15)17(14(5,6)7)13(16-11)9(2)3/h9-10H,8,15H2,1-7H3. The minimum absolute atomic E-state index is 0.0115. The number of aromatic nitrogens is 2.